The van der Waals surface area contributed by atoms with Crippen LogP contribution in [0, 0.1) is 0 Å². The molecular weight excluding hydrogens is 396 g/mol. The van der Waals surface area contributed by atoms with E-state index in [1.54, 1.807) is 31.5 Å². The molecule has 0 saturated carbocycles. The summed E-state index contributed by atoms with van der Waals surface area (Å²) in [4.78, 5) is 16.5. The first-order chi connectivity index (χ1) is 14.5. The van der Waals surface area contributed by atoms with Gasteiger partial charge >= 0.3 is 12.6 Å². The molecule has 1 aliphatic carbocycles. The van der Waals surface area contributed by atoms with E-state index in [1.807, 2.05) is 6.07 Å². The molecule has 0 saturated heterocycles. The van der Waals surface area contributed by atoms with Crippen molar-refractivity contribution in [2.24, 2.45) is 0 Å². The number of carbonyl (C=O) groups is 1. The van der Waals surface area contributed by atoms with Crippen molar-refractivity contribution in [3.63, 3.8) is 0 Å². The lowest BCUT2D eigenvalue weighted by molar-refractivity contribution is -0.0499. The van der Waals surface area contributed by atoms with Crippen LogP contribution in [0.3, 0.4) is 0 Å². The van der Waals surface area contributed by atoms with Crippen molar-refractivity contribution in [1.82, 2.24) is 15.6 Å². The number of methoxy groups -OCH3 is 1. The molecular formula is C21H25F2N3O4. The molecule has 1 unspecified atom stereocenters. The predicted molar refractivity (Wildman–Crippen MR) is 106 cm³/mol. The number of aromatic nitrogens is 1. The summed E-state index contributed by atoms with van der Waals surface area (Å²) < 4.78 is 39.6. The van der Waals surface area contributed by atoms with Gasteiger partial charge in [-0.1, -0.05) is 12.1 Å². The summed E-state index contributed by atoms with van der Waals surface area (Å²) in [7, 11) is 1.60. The second kappa shape index (κ2) is 10.7. The van der Waals surface area contributed by atoms with E-state index in [1.165, 1.54) is 6.07 Å². The molecule has 30 heavy (non-hydrogen) atoms. The van der Waals surface area contributed by atoms with Crippen LogP contribution in [0.4, 0.5) is 13.6 Å². The van der Waals surface area contributed by atoms with Crippen molar-refractivity contribution in [2.45, 2.75) is 38.5 Å². The zero-order valence-electron chi connectivity index (χ0n) is 16.7. The molecule has 3 rings (SSSR count). The number of pyridine rings is 1. The SMILES string of the molecule is COCCOc1ccc(CNC(=O)NC2CCCc3cc(OC(F)F)ccc32)cn1. The van der Waals surface area contributed by atoms with Gasteiger partial charge in [-0.05, 0) is 48.1 Å². The van der Waals surface area contributed by atoms with Gasteiger partial charge in [0.15, 0.2) is 0 Å². The Bertz CT molecular complexity index is 834. The molecule has 0 radical (unpaired) electrons. The largest absolute Gasteiger partial charge is 0.475 e. The van der Waals surface area contributed by atoms with E-state index in [-0.39, 0.29) is 17.8 Å². The van der Waals surface area contributed by atoms with Gasteiger partial charge in [-0.15, -0.1) is 0 Å². The number of amides is 2. The average molecular weight is 421 g/mol. The average Bonchev–Trinajstić information content (AvgIpc) is 2.73. The van der Waals surface area contributed by atoms with Crippen LogP contribution in [-0.4, -0.2) is 38.0 Å². The van der Waals surface area contributed by atoms with E-state index in [0.717, 1.165) is 36.0 Å². The molecule has 1 aliphatic rings. The quantitative estimate of drug-likeness (QED) is 0.605. The lowest BCUT2D eigenvalue weighted by atomic mass is 9.87. The fraction of sp³-hybridized carbons (Fsp3) is 0.429. The van der Waals surface area contributed by atoms with Crippen molar-refractivity contribution in [2.75, 3.05) is 20.3 Å². The van der Waals surface area contributed by atoms with Crippen molar-refractivity contribution in [3.05, 3.63) is 53.2 Å². The zero-order chi connectivity index (χ0) is 21.3. The highest BCUT2D eigenvalue weighted by Crippen LogP contribution is 2.32. The van der Waals surface area contributed by atoms with E-state index >= 15 is 0 Å². The molecule has 7 nitrogen and oxygen atoms in total. The smallest absolute Gasteiger partial charge is 0.387 e. The van der Waals surface area contributed by atoms with Gasteiger partial charge in [-0.3, -0.25) is 0 Å². The van der Waals surface area contributed by atoms with Crippen LogP contribution in [0.1, 0.15) is 35.6 Å². The van der Waals surface area contributed by atoms with Gasteiger partial charge in [-0.25, -0.2) is 9.78 Å². The number of nitrogens with zero attached hydrogens (tertiary/aromatic N) is 1. The molecule has 162 valence electrons. The Balaban J connectivity index is 1.51. The normalized spacial score (nSPS) is 15.4. The zero-order valence-corrected chi connectivity index (χ0v) is 16.7. The number of hydrogen-bond acceptors (Lipinski definition) is 5. The minimum Gasteiger partial charge on any atom is -0.475 e. The van der Waals surface area contributed by atoms with Gasteiger partial charge in [0.1, 0.15) is 12.4 Å². The topological polar surface area (TPSA) is 81.7 Å². The summed E-state index contributed by atoms with van der Waals surface area (Å²) in [5.74, 6) is 0.630. The first-order valence-corrected chi connectivity index (χ1v) is 9.74. The summed E-state index contributed by atoms with van der Waals surface area (Å²) >= 11 is 0. The standard InChI is InChI=1S/C21H25F2N3O4/c1-28-9-10-29-19-8-5-14(12-24-19)13-25-21(27)26-18-4-2-3-15-11-16(30-20(22)23)6-7-17(15)18/h5-8,11-12,18,20H,2-4,9-10,13H2,1H3,(H2,25,26,27). The lowest BCUT2D eigenvalue weighted by Crippen LogP contribution is -2.38. The third kappa shape index (κ3) is 6.28. The van der Waals surface area contributed by atoms with Crippen molar-refractivity contribution in [3.8, 4) is 11.6 Å². The van der Waals surface area contributed by atoms with E-state index in [9.17, 15) is 13.6 Å². The monoisotopic (exact) mass is 421 g/mol. The molecule has 1 heterocycles. The second-order valence-electron chi connectivity index (χ2n) is 6.86. The number of carbonyl (C=O) groups excluding carboxylic acids is 1. The number of nitrogens with one attached hydrogen (secondary N) is 2. The van der Waals surface area contributed by atoms with Crippen molar-refractivity contribution >= 4 is 6.03 Å². The number of halogens is 2. The summed E-state index contributed by atoms with van der Waals surface area (Å²) in [5.41, 5.74) is 2.68. The van der Waals surface area contributed by atoms with Gasteiger partial charge in [0, 0.05) is 25.9 Å². The fourth-order valence-corrected chi connectivity index (χ4v) is 3.34. The van der Waals surface area contributed by atoms with Gasteiger partial charge in [0.25, 0.3) is 0 Å². The molecule has 1 aromatic heterocycles. The van der Waals surface area contributed by atoms with Crippen LogP contribution in [0.15, 0.2) is 36.5 Å². The van der Waals surface area contributed by atoms with Crippen LogP contribution in [0.25, 0.3) is 0 Å². The van der Waals surface area contributed by atoms with Gasteiger partial charge < -0.3 is 24.8 Å². The first kappa shape index (κ1) is 21.8. The molecule has 0 aliphatic heterocycles. The number of alkyl halides is 2. The number of urea groups is 1. The van der Waals surface area contributed by atoms with Crippen LogP contribution >= 0.6 is 0 Å². The molecule has 0 spiro atoms. The van der Waals surface area contributed by atoms with Gasteiger partial charge in [0.05, 0.1) is 12.6 Å². The van der Waals surface area contributed by atoms with E-state index < -0.39 is 6.61 Å². The Morgan fingerprint density at radius 2 is 2.13 bits per heavy atom. The van der Waals surface area contributed by atoms with Gasteiger partial charge in [0.2, 0.25) is 5.88 Å². The number of aryl methyl sites for hydroxylation is 1. The molecule has 2 amide bonds. The molecule has 2 N–H and O–H groups in total. The summed E-state index contributed by atoms with van der Waals surface area (Å²) in [6.45, 7) is -1.64. The molecule has 9 heteroatoms. The molecule has 1 atom stereocenters. The maximum absolute atomic E-state index is 12.4. The van der Waals surface area contributed by atoms with E-state index in [0.29, 0.717) is 25.6 Å². The van der Waals surface area contributed by atoms with Crippen molar-refractivity contribution < 1.29 is 27.8 Å². The van der Waals surface area contributed by atoms with Crippen LogP contribution in [0.2, 0.25) is 0 Å². The highest BCUT2D eigenvalue weighted by Gasteiger charge is 2.22. The van der Waals surface area contributed by atoms with E-state index in [2.05, 4.69) is 20.4 Å². The summed E-state index contributed by atoms with van der Waals surface area (Å²) in [6.07, 6.45) is 4.04. The predicted octanol–water partition coefficient (Wildman–Crippen LogP) is 3.59. The van der Waals surface area contributed by atoms with Crippen LogP contribution in [0.5, 0.6) is 11.6 Å². The Kier molecular flexibility index (Phi) is 7.78. The van der Waals surface area contributed by atoms with Gasteiger partial charge in [-0.2, -0.15) is 8.78 Å². The minimum atomic E-state index is -2.85. The number of fused-ring (bicyclic) bond motifs is 1. The molecule has 0 fully saturated rings. The van der Waals surface area contributed by atoms with Crippen LogP contribution in [-0.2, 0) is 17.7 Å². The molecule has 2 aromatic rings. The number of rotatable bonds is 9. The second-order valence-corrected chi connectivity index (χ2v) is 6.86. The third-order valence-corrected chi connectivity index (χ3v) is 4.75. The van der Waals surface area contributed by atoms with Crippen molar-refractivity contribution in [1.29, 1.82) is 0 Å². The first-order valence-electron chi connectivity index (χ1n) is 9.74. The Morgan fingerprint density at radius 1 is 1.27 bits per heavy atom. The Labute approximate surface area is 173 Å². The summed E-state index contributed by atoms with van der Waals surface area (Å²) in [5, 5.41) is 5.76. The van der Waals surface area contributed by atoms with Crippen LogP contribution < -0.4 is 20.1 Å². The highest BCUT2D eigenvalue weighted by atomic mass is 19.3. The third-order valence-electron chi connectivity index (χ3n) is 4.75. The van der Waals surface area contributed by atoms with E-state index in [4.69, 9.17) is 9.47 Å². The Hall–Kier alpha value is -2.94. The number of benzene rings is 1. The summed E-state index contributed by atoms with van der Waals surface area (Å²) in [6, 6.07) is 7.95. The molecule has 1 aromatic carbocycles. The number of hydrogen-bond donors (Lipinski definition) is 2. The Morgan fingerprint density at radius 3 is 2.87 bits per heavy atom. The maximum Gasteiger partial charge on any atom is 0.387 e. The molecule has 0 bridgehead atoms. The lowest BCUT2D eigenvalue weighted by Gasteiger charge is -2.27. The maximum atomic E-state index is 12.4. The highest BCUT2D eigenvalue weighted by molar-refractivity contribution is 5.74. The minimum absolute atomic E-state index is 0.135. The number of ether oxygens (including phenoxy) is 3. The fourth-order valence-electron chi connectivity index (χ4n) is 3.34.